The van der Waals surface area contributed by atoms with Crippen LogP contribution in [0.25, 0.3) is 0 Å². The van der Waals surface area contributed by atoms with Gasteiger partial charge in [-0.1, -0.05) is 36.4 Å². The third-order valence-corrected chi connectivity index (χ3v) is 4.77. The van der Waals surface area contributed by atoms with Crippen LogP contribution in [0.15, 0.2) is 77.4 Å². The molecule has 0 radical (unpaired) electrons. The predicted octanol–water partition coefficient (Wildman–Crippen LogP) is 3.21. The van der Waals surface area contributed by atoms with Gasteiger partial charge in [-0.05, 0) is 35.9 Å². The van der Waals surface area contributed by atoms with Crippen molar-refractivity contribution in [2.24, 2.45) is 0 Å². The smallest absolute Gasteiger partial charge is 0.259 e. The van der Waals surface area contributed by atoms with Crippen molar-refractivity contribution >= 4 is 17.5 Å². The summed E-state index contributed by atoms with van der Waals surface area (Å²) >= 11 is 0. The number of hydrogen-bond donors (Lipinski definition) is 1. The van der Waals surface area contributed by atoms with E-state index in [2.05, 4.69) is 5.32 Å². The van der Waals surface area contributed by atoms with Crippen LogP contribution in [0.4, 0.5) is 5.69 Å². The zero-order valence-corrected chi connectivity index (χ0v) is 14.8. The fraction of sp³-hybridized carbons (Fsp3) is 0.182. The molecule has 136 valence electrons. The highest BCUT2D eigenvalue weighted by Gasteiger charge is 2.38. The van der Waals surface area contributed by atoms with Gasteiger partial charge in [0.1, 0.15) is 11.8 Å². The minimum Gasteiger partial charge on any atom is -0.469 e. The maximum Gasteiger partial charge on any atom is 0.259 e. The van der Waals surface area contributed by atoms with Crippen molar-refractivity contribution in [1.29, 1.82) is 0 Å². The first-order valence-electron chi connectivity index (χ1n) is 9.00. The van der Waals surface area contributed by atoms with E-state index < -0.39 is 6.04 Å². The van der Waals surface area contributed by atoms with E-state index in [0.29, 0.717) is 24.9 Å². The average Bonchev–Trinajstić information content (AvgIpc) is 3.35. The second kappa shape index (κ2) is 7.50. The predicted molar refractivity (Wildman–Crippen MR) is 103 cm³/mol. The topological polar surface area (TPSA) is 62.6 Å². The van der Waals surface area contributed by atoms with Gasteiger partial charge in [0.2, 0.25) is 5.91 Å². The maximum atomic E-state index is 13.1. The standard InChI is InChI=1S/C22H20N2O3/c25-21(23-13-12-18-10-6-14-27-18)20-15-17-9-4-5-11-19(17)24(20)22(26)16-7-2-1-3-8-16/h1-11,14,20H,12-13,15H2,(H,23,25). The third kappa shape index (κ3) is 3.49. The number of hydrogen-bond acceptors (Lipinski definition) is 3. The van der Waals surface area contributed by atoms with E-state index in [9.17, 15) is 9.59 Å². The minimum atomic E-state index is -0.549. The van der Waals surface area contributed by atoms with Crippen molar-refractivity contribution in [3.8, 4) is 0 Å². The summed E-state index contributed by atoms with van der Waals surface area (Å²) in [7, 11) is 0. The number of furan rings is 1. The molecule has 0 saturated heterocycles. The highest BCUT2D eigenvalue weighted by atomic mass is 16.3. The van der Waals surface area contributed by atoms with Gasteiger partial charge in [-0.25, -0.2) is 0 Å². The summed E-state index contributed by atoms with van der Waals surface area (Å²) in [6.45, 7) is 0.465. The molecule has 4 rings (SSSR count). The van der Waals surface area contributed by atoms with E-state index in [-0.39, 0.29) is 11.8 Å². The van der Waals surface area contributed by atoms with Crippen LogP contribution in [0, 0.1) is 0 Å². The van der Waals surface area contributed by atoms with Gasteiger partial charge in [0.05, 0.1) is 6.26 Å². The van der Waals surface area contributed by atoms with Gasteiger partial charge in [0.15, 0.2) is 0 Å². The number of benzene rings is 2. The molecule has 0 bridgehead atoms. The largest absolute Gasteiger partial charge is 0.469 e. The van der Waals surface area contributed by atoms with E-state index in [4.69, 9.17) is 4.42 Å². The van der Waals surface area contributed by atoms with Crippen LogP contribution >= 0.6 is 0 Å². The molecular weight excluding hydrogens is 340 g/mol. The maximum absolute atomic E-state index is 13.1. The van der Waals surface area contributed by atoms with E-state index in [1.807, 2.05) is 54.6 Å². The molecule has 2 heterocycles. The molecule has 1 atom stereocenters. The monoisotopic (exact) mass is 360 g/mol. The van der Waals surface area contributed by atoms with Gasteiger partial charge in [-0.2, -0.15) is 0 Å². The Hall–Kier alpha value is -3.34. The van der Waals surface area contributed by atoms with Gasteiger partial charge in [-0.15, -0.1) is 0 Å². The molecular formula is C22H20N2O3. The number of carbonyl (C=O) groups excluding carboxylic acids is 2. The summed E-state index contributed by atoms with van der Waals surface area (Å²) in [5, 5.41) is 2.94. The Morgan fingerprint density at radius 2 is 1.78 bits per heavy atom. The molecule has 1 aliphatic heterocycles. The number of nitrogens with zero attached hydrogens (tertiary/aromatic N) is 1. The van der Waals surface area contributed by atoms with Crippen LogP contribution in [0.3, 0.4) is 0 Å². The quantitative estimate of drug-likeness (QED) is 0.760. The Labute approximate surface area is 157 Å². The van der Waals surface area contributed by atoms with Crippen molar-refractivity contribution < 1.29 is 14.0 Å². The van der Waals surface area contributed by atoms with Crippen LogP contribution in [0.2, 0.25) is 0 Å². The Bertz CT molecular complexity index is 935. The lowest BCUT2D eigenvalue weighted by molar-refractivity contribution is -0.122. The molecule has 2 aromatic carbocycles. The molecule has 0 fully saturated rings. The minimum absolute atomic E-state index is 0.151. The van der Waals surface area contributed by atoms with Crippen molar-refractivity contribution in [3.05, 3.63) is 89.9 Å². The molecule has 0 aliphatic carbocycles. The summed E-state index contributed by atoms with van der Waals surface area (Å²) < 4.78 is 5.29. The average molecular weight is 360 g/mol. The SMILES string of the molecule is O=C(NCCc1ccco1)C1Cc2ccccc2N1C(=O)c1ccccc1. The zero-order valence-electron chi connectivity index (χ0n) is 14.8. The third-order valence-electron chi connectivity index (χ3n) is 4.77. The number of rotatable bonds is 5. The highest BCUT2D eigenvalue weighted by molar-refractivity contribution is 6.11. The summed E-state index contributed by atoms with van der Waals surface area (Å²) in [6.07, 6.45) is 2.75. The first-order valence-corrected chi connectivity index (χ1v) is 9.00. The van der Waals surface area contributed by atoms with Crippen LogP contribution < -0.4 is 10.2 Å². The van der Waals surface area contributed by atoms with Crippen LogP contribution in [0.1, 0.15) is 21.7 Å². The molecule has 2 amide bonds. The van der Waals surface area contributed by atoms with Gasteiger partial charge in [0, 0.05) is 30.6 Å². The summed E-state index contributed by atoms with van der Waals surface area (Å²) in [6, 6.07) is 19.9. The number of nitrogens with one attached hydrogen (secondary N) is 1. The Kier molecular flexibility index (Phi) is 4.75. The molecule has 27 heavy (non-hydrogen) atoms. The second-order valence-electron chi connectivity index (χ2n) is 6.51. The van der Waals surface area contributed by atoms with E-state index >= 15 is 0 Å². The van der Waals surface area contributed by atoms with Crippen molar-refractivity contribution in [2.75, 3.05) is 11.4 Å². The van der Waals surface area contributed by atoms with Crippen molar-refractivity contribution in [3.63, 3.8) is 0 Å². The molecule has 0 saturated carbocycles. The van der Waals surface area contributed by atoms with Gasteiger partial charge >= 0.3 is 0 Å². The number of carbonyl (C=O) groups is 2. The molecule has 3 aromatic rings. The van der Waals surface area contributed by atoms with Crippen molar-refractivity contribution in [2.45, 2.75) is 18.9 Å². The molecule has 1 unspecified atom stereocenters. The summed E-state index contributed by atoms with van der Waals surface area (Å²) in [5.41, 5.74) is 2.38. The van der Waals surface area contributed by atoms with Crippen molar-refractivity contribution in [1.82, 2.24) is 5.32 Å². The van der Waals surface area contributed by atoms with E-state index in [1.165, 1.54) is 0 Å². The lowest BCUT2D eigenvalue weighted by atomic mass is 10.1. The fourth-order valence-electron chi connectivity index (χ4n) is 3.45. The molecule has 5 heteroatoms. The van der Waals surface area contributed by atoms with Crippen LogP contribution in [-0.2, 0) is 17.6 Å². The van der Waals surface area contributed by atoms with E-state index in [0.717, 1.165) is 17.0 Å². The normalized spacial score (nSPS) is 15.4. The molecule has 1 aliphatic rings. The van der Waals surface area contributed by atoms with Crippen LogP contribution in [0.5, 0.6) is 0 Å². The van der Waals surface area contributed by atoms with Crippen LogP contribution in [-0.4, -0.2) is 24.4 Å². The Morgan fingerprint density at radius 3 is 2.56 bits per heavy atom. The van der Waals surface area contributed by atoms with Gasteiger partial charge in [0.25, 0.3) is 5.91 Å². The first kappa shape index (κ1) is 17.1. The summed E-state index contributed by atoms with van der Waals surface area (Å²) in [5.74, 6) is 0.510. The molecule has 0 spiro atoms. The molecule has 1 N–H and O–H groups in total. The number of anilines is 1. The van der Waals surface area contributed by atoms with Gasteiger partial charge in [-0.3, -0.25) is 14.5 Å². The molecule has 1 aromatic heterocycles. The lowest BCUT2D eigenvalue weighted by Crippen LogP contribution is -2.48. The zero-order chi connectivity index (χ0) is 18.6. The lowest BCUT2D eigenvalue weighted by Gasteiger charge is -2.25. The van der Waals surface area contributed by atoms with E-state index in [1.54, 1.807) is 23.3 Å². The Morgan fingerprint density at radius 1 is 1.00 bits per heavy atom. The summed E-state index contributed by atoms with van der Waals surface area (Å²) in [4.78, 5) is 27.6. The number of para-hydroxylation sites is 1. The second-order valence-corrected chi connectivity index (χ2v) is 6.51. The van der Waals surface area contributed by atoms with Gasteiger partial charge < -0.3 is 9.73 Å². The first-order chi connectivity index (χ1) is 13.2. The fourth-order valence-corrected chi connectivity index (χ4v) is 3.45. The number of fused-ring (bicyclic) bond motifs is 1. The number of amides is 2. The molecule has 5 nitrogen and oxygen atoms in total. The highest BCUT2D eigenvalue weighted by Crippen LogP contribution is 2.33. The Balaban J connectivity index is 1.53.